The Balaban J connectivity index is 3.20. The van der Waals surface area contributed by atoms with Crippen LogP contribution in [0.25, 0.3) is 0 Å². The van der Waals surface area contributed by atoms with Crippen LogP contribution in [0.2, 0.25) is 0 Å². The van der Waals surface area contributed by atoms with Crippen LogP contribution >= 0.6 is 22.6 Å². The highest BCUT2D eigenvalue weighted by Gasteiger charge is 2.33. The minimum Gasteiger partial charge on any atom is -0.469 e. The van der Waals surface area contributed by atoms with E-state index in [9.17, 15) is 18.0 Å². The highest BCUT2D eigenvalue weighted by atomic mass is 127. The third-order valence-corrected chi connectivity index (χ3v) is 2.95. The van der Waals surface area contributed by atoms with Crippen LogP contribution in [-0.2, 0) is 16.0 Å². The van der Waals surface area contributed by atoms with Crippen molar-refractivity contribution in [2.75, 3.05) is 7.11 Å². The number of carbonyl (C=O) groups is 1. The Bertz CT molecular complexity index is 462. The van der Waals surface area contributed by atoms with E-state index < -0.39 is 18.1 Å². The highest BCUT2D eigenvalue weighted by molar-refractivity contribution is 14.1. The van der Waals surface area contributed by atoms with Gasteiger partial charge in [-0.2, -0.15) is 0 Å². The van der Waals surface area contributed by atoms with Crippen molar-refractivity contribution >= 4 is 28.6 Å². The second-order valence-electron chi connectivity index (χ2n) is 3.34. The molecule has 0 aliphatic rings. The minimum absolute atomic E-state index is 0.0692. The molecule has 0 amide bonds. The molecule has 100 valence electrons. The number of ether oxygens (including phenoxy) is 2. The number of rotatable bonds is 3. The van der Waals surface area contributed by atoms with Crippen LogP contribution in [0.4, 0.5) is 13.2 Å². The number of hydrogen-bond donors (Lipinski definition) is 0. The Morgan fingerprint density at radius 1 is 1.50 bits per heavy atom. The van der Waals surface area contributed by atoms with E-state index in [1.165, 1.54) is 13.1 Å². The van der Waals surface area contributed by atoms with Crippen LogP contribution in [0.1, 0.15) is 11.1 Å². The molecule has 0 fully saturated rings. The van der Waals surface area contributed by atoms with E-state index in [0.717, 1.165) is 7.11 Å². The predicted molar refractivity (Wildman–Crippen MR) is 64.1 cm³/mol. The van der Waals surface area contributed by atoms with Crippen LogP contribution < -0.4 is 4.74 Å². The summed E-state index contributed by atoms with van der Waals surface area (Å²) in [5.74, 6) is -1.06. The molecule has 0 aromatic carbocycles. The van der Waals surface area contributed by atoms with E-state index in [1.54, 1.807) is 22.6 Å². The van der Waals surface area contributed by atoms with Crippen molar-refractivity contribution in [1.82, 2.24) is 4.98 Å². The quantitative estimate of drug-likeness (QED) is 0.463. The van der Waals surface area contributed by atoms with Gasteiger partial charge in [-0.1, -0.05) is 0 Å². The molecule has 1 heterocycles. The van der Waals surface area contributed by atoms with Crippen molar-refractivity contribution in [3.8, 4) is 5.75 Å². The van der Waals surface area contributed by atoms with E-state index in [1.807, 2.05) is 0 Å². The maximum absolute atomic E-state index is 12.3. The van der Waals surface area contributed by atoms with Crippen molar-refractivity contribution in [3.63, 3.8) is 0 Å². The van der Waals surface area contributed by atoms with Gasteiger partial charge in [0.15, 0.2) is 0 Å². The van der Waals surface area contributed by atoms with Gasteiger partial charge in [0.25, 0.3) is 0 Å². The molecule has 0 atom stereocenters. The Labute approximate surface area is 115 Å². The lowest BCUT2D eigenvalue weighted by Gasteiger charge is -2.15. The Morgan fingerprint density at radius 2 is 2.11 bits per heavy atom. The molecule has 0 saturated carbocycles. The molecule has 1 aromatic rings. The van der Waals surface area contributed by atoms with E-state index in [-0.39, 0.29) is 21.2 Å². The molecular weight excluding hydrogens is 366 g/mol. The van der Waals surface area contributed by atoms with Gasteiger partial charge in [-0.3, -0.25) is 4.79 Å². The summed E-state index contributed by atoms with van der Waals surface area (Å²) in [5.41, 5.74) is 0.270. The first-order valence-electron chi connectivity index (χ1n) is 4.71. The zero-order valence-electron chi connectivity index (χ0n) is 9.47. The molecule has 18 heavy (non-hydrogen) atoms. The summed E-state index contributed by atoms with van der Waals surface area (Å²) in [7, 11) is 1.16. The second kappa shape index (κ2) is 5.72. The van der Waals surface area contributed by atoms with Crippen molar-refractivity contribution in [3.05, 3.63) is 21.0 Å². The average molecular weight is 375 g/mol. The number of aryl methyl sites for hydroxylation is 1. The number of alkyl halides is 3. The number of halogens is 4. The zero-order chi connectivity index (χ0) is 13.9. The normalized spacial score (nSPS) is 11.2. The standard InChI is InChI=1S/C10H9F3INO3/c1-5-4-15-9(14)6(3-7(16)17-2)8(5)18-10(11,12)13/h4H,3H2,1-2H3. The Morgan fingerprint density at radius 3 is 2.61 bits per heavy atom. The highest BCUT2D eigenvalue weighted by Crippen LogP contribution is 2.32. The molecule has 1 aromatic heterocycles. The smallest absolute Gasteiger partial charge is 0.469 e. The second-order valence-corrected chi connectivity index (χ2v) is 4.36. The van der Waals surface area contributed by atoms with Crippen LogP contribution in [0.15, 0.2) is 6.20 Å². The maximum atomic E-state index is 12.3. The van der Waals surface area contributed by atoms with Crippen molar-refractivity contribution in [2.24, 2.45) is 0 Å². The molecular formula is C10H9F3INO3. The fourth-order valence-corrected chi connectivity index (χ4v) is 1.82. The van der Waals surface area contributed by atoms with E-state index in [4.69, 9.17) is 0 Å². The van der Waals surface area contributed by atoms with E-state index >= 15 is 0 Å². The first-order valence-corrected chi connectivity index (χ1v) is 5.79. The van der Waals surface area contributed by atoms with Crippen LogP contribution in [-0.4, -0.2) is 24.4 Å². The molecule has 0 bridgehead atoms. The number of carbonyl (C=O) groups excluding carboxylic acids is 1. The van der Waals surface area contributed by atoms with Gasteiger partial charge in [0.2, 0.25) is 0 Å². The lowest BCUT2D eigenvalue weighted by atomic mass is 10.1. The molecule has 0 spiro atoms. The van der Waals surface area contributed by atoms with Gasteiger partial charge in [-0.15, -0.1) is 13.2 Å². The summed E-state index contributed by atoms with van der Waals surface area (Å²) in [6.07, 6.45) is -3.89. The van der Waals surface area contributed by atoms with Crippen LogP contribution in [0.3, 0.4) is 0 Å². The molecule has 1 rings (SSSR count). The number of esters is 1. The fraction of sp³-hybridized carbons (Fsp3) is 0.400. The molecule has 4 nitrogen and oxygen atoms in total. The van der Waals surface area contributed by atoms with Gasteiger partial charge in [-0.25, -0.2) is 4.98 Å². The summed E-state index contributed by atoms with van der Waals surface area (Å²) in [5, 5.41) is 0. The zero-order valence-corrected chi connectivity index (χ0v) is 11.6. The van der Waals surface area contributed by atoms with Crippen molar-refractivity contribution < 1.29 is 27.4 Å². The molecule has 0 N–H and O–H groups in total. The van der Waals surface area contributed by atoms with Gasteiger partial charge < -0.3 is 9.47 Å². The molecule has 0 saturated heterocycles. The Kier molecular flexibility index (Phi) is 4.77. The third-order valence-electron chi connectivity index (χ3n) is 2.02. The Hall–Kier alpha value is -1.06. The molecule has 0 aliphatic heterocycles. The van der Waals surface area contributed by atoms with Crippen LogP contribution in [0, 0.1) is 10.6 Å². The number of nitrogens with zero attached hydrogens (tertiary/aromatic N) is 1. The molecule has 8 heteroatoms. The van der Waals surface area contributed by atoms with E-state index in [2.05, 4.69) is 14.5 Å². The van der Waals surface area contributed by atoms with Gasteiger partial charge in [0.05, 0.1) is 13.5 Å². The number of hydrogen-bond acceptors (Lipinski definition) is 4. The van der Waals surface area contributed by atoms with Gasteiger partial charge in [0, 0.05) is 17.3 Å². The predicted octanol–water partition coefficient (Wildman–Crippen LogP) is 2.61. The first kappa shape index (κ1) is 15.0. The number of pyridine rings is 1. The van der Waals surface area contributed by atoms with Gasteiger partial charge >= 0.3 is 12.3 Å². The maximum Gasteiger partial charge on any atom is 0.573 e. The summed E-state index contributed by atoms with van der Waals surface area (Å²) in [6.45, 7) is 1.42. The average Bonchev–Trinajstić information content (AvgIpc) is 2.26. The largest absolute Gasteiger partial charge is 0.573 e. The fourth-order valence-electron chi connectivity index (χ4n) is 1.25. The summed E-state index contributed by atoms with van der Waals surface area (Å²) >= 11 is 1.74. The number of methoxy groups -OCH3 is 1. The minimum atomic E-state index is -4.82. The topological polar surface area (TPSA) is 48.4 Å². The van der Waals surface area contributed by atoms with Crippen molar-refractivity contribution in [1.29, 1.82) is 0 Å². The lowest BCUT2D eigenvalue weighted by Crippen LogP contribution is -2.20. The van der Waals surface area contributed by atoms with Crippen LogP contribution in [0.5, 0.6) is 5.75 Å². The first-order chi connectivity index (χ1) is 8.24. The van der Waals surface area contributed by atoms with Crippen molar-refractivity contribution in [2.45, 2.75) is 19.7 Å². The summed E-state index contributed by atoms with van der Waals surface area (Å²) in [4.78, 5) is 15.1. The number of aromatic nitrogens is 1. The lowest BCUT2D eigenvalue weighted by molar-refractivity contribution is -0.275. The van der Waals surface area contributed by atoms with Gasteiger partial charge in [-0.05, 0) is 29.5 Å². The molecule has 0 aliphatic carbocycles. The summed E-state index contributed by atoms with van der Waals surface area (Å²) < 4.78 is 45.5. The third kappa shape index (κ3) is 4.00. The monoisotopic (exact) mass is 375 g/mol. The molecule has 0 unspecified atom stereocenters. The summed E-state index contributed by atoms with van der Waals surface area (Å²) in [6, 6.07) is 0. The van der Waals surface area contributed by atoms with Gasteiger partial charge in [0.1, 0.15) is 9.45 Å². The van der Waals surface area contributed by atoms with E-state index in [0.29, 0.717) is 0 Å². The molecule has 0 radical (unpaired) electrons. The SMILES string of the molecule is COC(=O)Cc1c(I)ncc(C)c1OC(F)(F)F.